The second kappa shape index (κ2) is 9.61. The zero-order valence-electron chi connectivity index (χ0n) is 20.9. The van der Waals surface area contributed by atoms with Crippen molar-refractivity contribution in [3.63, 3.8) is 0 Å². The molecule has 35 heavy (non-hydrogen) atoms. The van der Waals surface area contributed by atoms with E-state index < -0.39 is 5.41 Å². The van der Waals surface area contributed by atoms with Crippen LogP contribution in [-0.2, 0) is 15.0 Å². The van der Waals surface area contributed by atoms with Gasteiger partial charge in [-0.1, -0.05) is 43.7 Å². The number of phenolic OH excluding ortho intramolecular Hbond substituents is 2. The van der Waals surface area contributed by atoms with E-state index in [2.05, 4.69) is 24.4 Å². The summed E-state index contributed by atoms with van der Waals surface area (Å²) in [6.45, 7) is 6.54. The molecule has 0 bridgehead atoms. The Hall–Kier alpha value is -3.54. The van der Waals surface area contributed by atoms with E-state index in [1.54, 1.807) is 11.0 Å². The van der Waals surface area contributed by atoms with Crippen molar-refractivity contribution in [2.45, 2.75) is 51.9 Å². The lowest BCUT2D eigenvalue weighted by atomic mass is 9.90. The predicted molar refractivity (Wildman–Crippen MR) is 138 cm³/mol. The highest BCUT2D eigenvalue weighted by Gasteiger charge is 2.51. The first kappa shape index (κ1) is 24.6. The van der Waals surface area contributed by atoms with E-state index in [0.29, 0.717) is 24.9 Å². The minimum atomic E-state index is -0.669. The number of hydrogen-bond donors (Lipinski definition) is 3. The fraction of sp³-hybridized carbons (Fsp3) is 0.379. The van der Waals surface area contributed by atoms with E-state index in [-0.39, 0.29) is 29.2 Å². The van der Waals surface area contributed by atoms with Gasteiger partial charge in [0.1, 0.15) is 0 Å². The normalized spacial score (nSPS) is 16.4. The molecule has 0 spiro atoms. The van der Waals surface area contributed by atoms with Gasteiger partial charge in [0.2, 0.25) is 11.8 Å². The summed E-state index contributed by atoms with van der Waals surface area (Å²) in [7, 11) is 1.85. The highest BCUT2D eigenvalue weighted by Crippen LogP contribution is 2.50. The SMILES string of the molecule is Cc1ccc(NC(=O)C2(c3ccc(O)c(O)c3)CC2)cc1C1=CC=C(CN(C)C(=O)C(C)C)CC1. The number of nitrogens with zero attached hydrogens (tertiary/aromatic N) is 1. The maximum atomic E-state index is 13.2. The van der Waals surface area contributed by atoms with E-state index in [1.807, 2.05) is 39.1 Å². The molecule has 1 fully saturated rings. The maximum Gasteiger partial charge on any atom is 0.235 e. The molecule has 0 aromatic heterocycles. The summed E-state index contributed by atoms with van der Waals surface area (Å²) >= 11 is 0. The van der Waals surface area contributed by atoms with Crippen LogP contribution in [0.1, 0.15) is 56.2 Å². The van der Waals surface area contributed by atoms with Crippen molar-refractivity contribution in [1.82, 2.24) is 4.90 Å². The van der Waals surface area contributed by atoms with E-state index in [4.69, 9.17) is 0 Å². The second-order valence-corrected chi connectivity index (χ2v) is 10.1. The van der Waals surface area contributed by atoms with Gasteiger partial charge >= 0.3 is 0 Å². The van der Waals surface area contributed by atoms with E-state index in [9.17, 15) is 19.8 Å². The van der Waals surface area contributed by atoms with Gasteiger partial charge in [0.15, 0.2) is 11.5 Å². The molecule has 184 valence electrons. The standard InChI is InChI=1S/C29H34N2O4/c1-18(2)27(34)31(4)17-20-6-8-21(9-7-20)24-16-23(11-5-19(24)3)30-28(35)29(13-14-29)22-10-12-25(32)26(33)15-22/h5-6,8,10-12,15-16,18,32-33H,7,9,13-14,17H2,1-4H3,(H,30,35). The average Bonchev–Trinajstić information content (AvgIpc) is 3.64. The summed E-state index contributed by atoms with van der Waals surface area (Å²) in [6, 6.07) is 10.6. The third kappa shape index (κ3) is 5.11. The number of allylic oxidation sites excluding steroid dienone is 3. The maximum absolute atomic E-state index is 13.2. The first-order valence-corrected chi connectivity index (χ1v) is 12.2. The molecule has 0 atom stereocenters. The average molecular weight is 475 g/mol. The highest BCUT2D eigenvalue weighted by molar-refractivity contribution is 6.01. The Kier molecular flexibility index (Phi) is 6.75. The van der Waals surface area contributed by atoms with Gasteiger partial charge in [-0.25, -0.2) is 0 Å². The number of carbonyl (C=O) groups is 2. The molecule has 3 N–H and O–H groups in total. The number of carbonyl (C=O) groups excluding carboxylic acids is 2. The fourth-order valence-electron chi connectivity index (χ4n) is 4.75. The molecule has 0 aliphatic heterocycles. The van der Waals surface area contributed by atoms with Crippen molar-refractivity contribution in [2.24, 2.45) is 5.92 Å². The molecule has 2 aromatic rings. The zero-order valence-corrected chi connectivity index (χ0v) is 20.9. The number of amides is 2. The van der Waals surface area contributed by atoms with Crippen LogP contribution in [0, 0.1) is 12.8 Å². The van der Waals surface area contributed by atoms with Gasteiger partial charge in [0.05, 0.1) is 5.41 Å². The summed E-state index contributed by atoms with van der Waals surface area (Å²) in [6.07, 6.45) is 7.42. The monoisotopic (exact) mass is 474 g/mol. The number of phenols is 2. The van der Waals surface area contributed by atoms with E-state index in [1.165, 1.54) is 23.3 Å². The number of likely N-dealkylation sites (N-methyl/N-ethyl adjacent to an activating group) is 1. The molecule has 0 radical (unpaired) electrons. The zero-order chi connectivity index (χ0) is 25.3. The van der Waals surface area contributed by atoms with Crippen LogP contribution in [0.15, 0.2) is 54.1 Å². The number of nitrogens with one attached hydrogen (secondary N) is 1. The molecule has 6 heteroatoms. The van der Waals surface area contributed by atoms with Crippen molar-refractivity contribution >= 4 is 23.1 Å². The Bertz CT molecular complexity index is 1220. The largest absolute Gasteiger partial charge is 0.504 e. The summed E-state index contributed by atoms with van der Waals surface area (Å²) in [5, 5.41) is 22.6. The van der Waals surface area contributed by atoms with Crippen LogP contribution in [0.5, 0.6) is 11.5 Å². The van der Waals surface area contributed by atoms with Gasteiger partial charge in [-0.15, -0.1) is 0 Å². The Balaban J connectivity index is 1.49. The molecule has 2 aliphatic rings. The molecule has 0 unspecified atom stereocenters. The number of hydrogen-bond acceptors (Lipinski definition) is 4. The van der Waals surface area contributed by atoms with Gasteiger partial charge in [0, 0.05) is 25.2 Å². The Morgan fingerprint density at radius 3 is 2.37 bits per heavy atom. The molecular weight excluding hydrogens is 440 g/mol. The smallest absolute Gasteiger partial charge is 0.235 e. The van der Waals surface area contributed by atoms with Gasteiger partial charge in [0.25, 0.3) is 0 Å². The van der Waals surface area contributed by atoms with Gasteiger partial charge in [-0.2, -0.15) is 0 Å². The molecule has 1 saturated carbocycles. The second-order valence-electron chi connectivity index (χ2n) is 10.1. The third-order valence-corrected chi connectivity index (χ3v) is 7.10. The minimum Gasteiger partial charge on any atom is -0.504 e. The number of benzene rings is 2. The predicted octanol–water partition coefficient (Wildman–Crippen LogP) is 5.29. The number of aromatic hydroxyl groups is 2. The van der Waals surface area contributed by atoms with Gasteiger partial charge < -0.3 is 20.4 Å². The van der Waals surface area contributed by atoms with E-state index in [0.717, 1.165) is 29.7 Å². The van der Waals surface area contributed by atoms with Crippen LogP contribution in [0.2, 0.25) is 0 Å². The summed E-state index contributed by atoms with van der Waals surface area (Å²) < 4.78 is 0. The summed E-state index contributed by atoms with van der Waals surface area (Å²) in [4.78, 5) is 27.2. The molecule has 2 aromatic carbocycles. The topological polar surface area (TPSA) is 89.9 Å². The lowest BCUT2D eigenvalue weighted by molar-refractivity contribution is -0.132. The lowest BCUT2D eigenvalue weighted by Crippen LogP contribution is -2.32. The molecule has 2 amide bonds. The Labute approximate surface area is 207 Å². The number of anilines is 1. The van der Waals surface area contributed by atoms with Crippen molar-refractivity contribution in [1.29, 1.82) is 0 Å². The fourth-order valence-corrected chi connectivity index (χ4v) is 4.75. The van der Waals surface area contributed by atoms with E-state index >= 15 is 0 Å². The van der Waals surface area contributed by atoms with Crippen LogP contribution in [0.25, 0.3) is 5.57 Å². The number of aryl methyl sites for hydroxylation is 1. The van der Waals surface area contributed by atoms with Crippen molar-refractivity contribution < 1.29 is 19.8 Å². The van der Waals surface area contributed by atoms with Crippen LogP contribution in [-0.4, -0.2) is 40.5 Å². The quantitative estimate of drug-likeness (QED) is 0.476. The van der Waals surface area contributed by atoms with Crippen molar-refractivity contribution in [3.8, 4) is 11.5 Å². The third-order valence-electron chi connectivity index (χ3n) is 7.10. The lowest BCUT2D eigenvalue weighted by Gasteiger charge is -2.23. The van der Waals surface area contributed by atoms with Crippen LogP contribution in [0.3, 0.4) is 0 Å². The van der Waals surface area contributed by atoms with Crippen molar-refractivity contribution in [2.75, 3.05) is 18.9 Å². The Morgan fingerprint density at radius 2 is 1.77 bits per heavy atom. The minimum absolute atomic E-state index is 0.00889. The van der Waals surface area contributed by atoms with Crippen molar-refractivity contribution in [3.05, 3.63) is 70.8 Å². The van der Waals surface area contributed by atoms with Gasteiger partial charge in [-0.05, 0) is 79.1 Å². The van der Waals surface area contributed by atoms with Crippen LogP contribution < -0.4 is 5.32 Å². The molecule has 0 heterocycles. The van der Waals surface area contributed by atoms with Crippen LogP contribution in [0.4, 0.5) is 5.69 Å². The highest BCUT2D eigenvalue weighted by atomic mass is 16.3. The summed E-state index contributed by atoms with van der Waals surface area (Å²) in [5.74, 6) is -0.365. The molecule has 2 aliphatic carbocycles. The number of rotatable bonds is 7. The molecule has 0 saturated heterocycles. The first-order valence-electron chi connectivity index (χ1n) is 12.2. The molecular formula is C29H34N2O4. The summed E-state index contributed by atoms with van der Waals surface area (Å²) in [5.41, 5.74) is 5.48. The Morgan fingerprint density at radius 1 is 1.03 bits per heavy atom. The first-order chi connectivity index (χ1) is 16.6. The molecule has 4 rings (SSSR count). The molecule has 6 nitrogen and oxygen atoms in total. The van der Waals surface area contributed by atoms with Crippen LogP contribution >= 0.6 is 0 Å². The van der Waals surface area contributed by atoms with Gasteiger partial charge in [-0.3, -0.25) is 9.59 Å².